The first kappa shape index (κ1) is 16.9. The second-order valence-corrected chi connectivity index (χ2v) is 6.03. The van der Waals surface area contributed by atoms with Crippen molar-refractivity contribution in [3.8, 4) is 0 Å². The van der Waals surface area contributed by atoms with Crippen LogP contribution in [0.4, 0.5) is 10.1 Å². The maximum atomic E-state index is 13.8. The van der Waals surface area contributed by atoms with Crippen LogP contribution in [0.3, 0.4) is 0 Å². The van der Waals surface area contributed by atoms with Crippen molar-refractivity contribution in [3.05, 3.63) is 62.8 Å². The number of nitrogens with one attached hydrogen (secondary N) is 2. The lowest BCUT2D eigenvalue weighted by molar-refractivity contribution is 0.0696. The van der Waals surface area contributed by atoms with E-state index in [4.69, 9.17) is 5.11 Å². The van der Waals surface area contributed by atoms with Gasteiger partial charge in [-0.25, -0.2) is 9.18 Å². The third kappa shape index (κ3) is 3.60. The number of H-pyrrole nitrogens is 1. The van der Waals surface area contributed by atoms with Crippen molar-refractivity contribution in [1.29, 1.82) is 0 Å². The summed E-state index contributed by atoms with van der Waals surface area (Å²) in [7, 11) is 0. The Morgan fingerprint density at radius 3 is 2.64 bits per heavy atom. The molecule has 0 spiro atoms. The number of amides is 1. The molecule has 1 aromatic carbocycles. The fraction of sp³-hybridized carbons (Fsp3) is 0.278. The quantitative estimate of drug-likeness (QED) is 0.746. The number of anilines is 1. The summed E-state index contributed by atoms with van der Waals surface area (Å²) in [6, 6.07) is 4.63. The van der Waals surface area contributed by atoms with Crippen molar-refractivity contribution in [2.75, 3.05) is 5.32 Å². The molecular formula is C18H17FN2O4. The molecule has 1 aliphatic rings. The summed E-state index contributed by atoms with van der Waals surface area (Å²) in [5.74, 6) is -2.78. The van der Waals surface area contributed by atoms with E-state index in [1.807, 2.05) is 0 Å². The lowest BCUT2D eigenvalue weighted by Crippen LogP contribution is -2.25. The number of halogens is 1. The Bertz CT molecular complexity index is 904. The van der Waals surface area contributed by atoms with Crippen LogP contribution in [-0.4, -0.2) is 22.0 Å². The van der Waals surface area contributed by atoms with Gasteiger partial charge >= 0.3 is 5.97 Å². The summed E-state index contributed by atoms with van der Waals surface area (Å²) in [5, 5.41) is 11.3. The molecule has 0 fully saturated rings. The Kier molecular flexibility index (Phi) is 4.65. The lowest BCUT2D eigenvalue weighted by atomic mass is 10.1. The Morgan fingerprint density at radius 2 is 1.88 bits per heavy atom. The van der Waals surface area contributed by atoms with Gasteiger partial charge in [0.1, 0.15) is 11.4 Å². The molecule has 0 unspecified atom stereocenters. The zero-order valence-corrected chi connectivity index (χ0v) is 13.4. The maximum Gasteiger partial charge on any atom is 0.335 e. The van der Waals surface area contributed by atoms with E-state index in [1.165, 1.54) is 0 Å². The number of rotatable bonds is 3. The highest BCUT2D eigenvalue weighted by Gasteiger charge is 2.18. The van der Waals surface area contributed by atoms with E-state index in [0.717, 1.165) is 61.6 Å². The minimum absolute atomic E-state index is 0.110. The number of carbonyl (C=O) groups is 2. The molecule has 1 amide bonds. The normalized spacial score (nSPS) is 13.6. The number of benzene rings is 1. The van der Waals surface area contributed by atoms with Crippen LogP contribution in [0.2, 0.25) is 0 Å². The first-order chi connectivity index (χ1) is 12.0. The summed E-state index contributed by atoms with van der Waals surface area (Å²) >= 11 is 0. The van der Waals surface area contributed by atoms with Gasteiger partial charge in [0.2, 0.25) is 0 Å². The van der Waals surface area contributed by atoms with Crippen molar-refractivity contribution in [1.82, 2.24) is 4.98 Å². The van der Waals surface area contributed by atoms with E-state index >= 15 is 0 Å². The number of pyridine rings is 1. The number of hydrogen-bond acceptors (Lipinski definition) is 3. The van der Waals surface area contributed by atoms with Crippen LogP contribution in [0.15, 0.2) is 29.1 Å². The van der Waals surface area contributed by atoms with Gasteiger partial charge in [-0.3, -0.25) is 9.59 Å². The Labute approximate surface area is 142 Å². The van der Waals surface area contributed by atoms with Gasteiger partial charge in [0.15, 0.2) is 0 Å². The fourth-order valence-electron chi connectivity index (χ4n) is 2.96. The molecule has 2 aromatic rings. The largest absolute Gasteiger partial charge is 0.478 e. The molecule has 0 bridgehead atoms. The molecule has 3 N–H and O–H groups in total. The van der Waals surface area contributed by atoms with Gasteiger partial charge in [-0.1, -0.05) is 6.42 Å². The van der Waals surface area contributed by atoms with Crippen molar-refractivity contribution < 1.29 is 19.1 Å². The number of carboxylic acid groups (broad SMARTS) is 1. The molecule has 1 aromatic heterocycles. The number of aromatic amines is 1. The lowest BCUT2D eigenvalue weighted by Gasteiger charge is -2.10. The second-order valence-electron chi connectivity index (χ2n) is 6.03. The molecule has 0 atom stereocenters. The van der Waals surface area contributed by atoms with Crippen molar-refractivity contribution >= 4 is 17.6 Å². The number of fused-ring (bicyclic) bond motifs is 1. The first-order valence-corrected chi connectivity index (χ1v) is 8.05. The molecule has 25 heavy (non-hydrogen) atoms. The minimum atomic E-state index is -1.24. The SMILES string of the molecule is O=C(O)c1ccc(F)c(NC(=O)c2cc3c([nH]c2=O)CCCCC3)c1. The zero-order valence-electron chi connectivity index (χ0n) is 13.4. The molecule has 1 aliphatic carbocycles. The number of aromatic nitrogens is 1. The second kappa shape index (κ2) is 6.88. The molecule has 130 valence electrons. The molecule has 6 nitrogen and oxygen atoms in total. The van der Waals surface area contributed by atoms with E-state index in [9.17, 15) is 18.8 Å². The number of carbonyl (C=O) groups excluding carboxylic acids is 1. The van der Waals surface area contributed by atoms with E-state index in [2.05, 4.69) is 10.3 Å². The highest BCUT2D eigenvalue weighted by atomic mass is 19.1. The molecule has 3 rings (SSSR count). The number of carboxylic acids is 1. The predicted octanol–water partition coefficient (Wildman–Crippen LogP) is 2.73. The van der Waals surface area contributed by atoms with Crippen LogP contribution in [0.25, 0.3) is 0 Å². The Balaban J connectivity index is 1.92. The summed E-state index contributed by atoms with van der Waals surface area (Å²) in [6.07, 6.45) is 4.57. The molecule has 1 heterocycles. The van der Waals surface area contributed by atoms with Gasteiger partial charge < -0.3 is 15.4 Å². The van der Waals surface area contributed by atoms with Gasteiger partial charge in [-0.15, -0.1) is 0 Å². The van der Waals surface area contributed by atoms with Crippen LogP contribution in [0.1, 0.15) is 51.2 Å². The fourth-order valence-corrected chi connectivity index (χ4v) is 2.96. The third-order valence-electron chi connectivity index (χ3n) is 4.29. The zero-order chi connectivity index (χ0) is 18.0. The summed E-state index contributed by atoms with van der Waals surface area (Å²) in [4.78, 5) is 38.3. The van der Waals surface area contributed by atoms with E-state index in [1.54, 1.807) is 6.07 Å². The highest BCUT2D eigenvalue weighted by molar-refractivity contribution is 6.04. The summed E-state index contributed by atoms with van der Waals surface area (Å²) in [5.41, 5.74) is 0.681. The topological polar surface area (TPSA) is 99.3 Å². The van der Waals surface area contributed by atoms with Crippen molar-refractivity contribution in [2.45, 2.75) is 32.1 Å². The molecule has 0 radical (unpaired) electrons. The molecule has 0 saturated heterocycles. The Morgan fingerprint density at radius 1 is 1.12 bits per heavy atom. The van der Waals surface area contributed by atoms with Crippen LogP contribution < -0.4 is 10.9 Å². The number of aromatic carboxylic acids is 1. The van der Waals surface area contributed by atoms with Gasteiger partial charge in [-0.05, 0) is 55.5 Å². The highest BCUT2D eigenvalue weighted by Crippen LogP contribution is 2.20. The van der Waals surface area contributed by atoms with E-state index in [-0.39, 0.29) is 16.8 Å². The standard InChI is InChI=1S/C18H17FN2O4/c19-13-7-6-11(18(24)25)9-15(13)21-17(23)12-8-10-4-2-1-3-5-14(10)20-16(12)22/h6-9H,1-5H2,(H,20,22)(H,21,23)(H,24,25). The molecule has 0 aliphatic heterocycles. The average molecular weight is 344 g/mol. The number of hydrogen-bond donors (Lipinski definition) is 3. The van der Waals surface area contributed by atoms with Gasteiger partial charge in [0.25, 0.3) is 11.5 Å². The van der Waals surface area contributed by atoms with Crippen molar-refractivity contribution in [3.63, 3.8) is 0 Å². The molecular weight excluding hydrogens is 327 g/mol. The van der Waals surface area contributed by atoms with Crippen LogP contribution in [0, 0.1) is 5.82 Å². The summed E-state index contributed by atoms with van der Waals surface area (Å²) < 4.78 is 13.8. The van der Waals surface area contributed by atoms with Gasteiger partial charge in [0.05, 0.1) is 11.3 Å². The Hall–Kier alpha value is -2.96. The van der Waals surface area contributed by atoms with Crippen LogP contribution >= 0.6 is 0 Å². The van der Waals surface area contributed by atoms with Crippen LogP contribution in [-0.2, 0) is 12.8 Å². The van der Waals surface area contributed by atoms with Crippen LogP contribution in [0.5, 0.6) is 0 Å². The average Bonchev–Trinajstić information content (AvgIpc) is 2.80. The summed E-state index contributed by atoms with van der Waals surface area (Å²) in [6.45, 7) is 0. The minimum Gasteiger partial charge on any atom is -0.478 e. The molecule has 7 heteroatoms. The third-order valence-corrected chi connectivity index (χ3v) is 4.29. The monoisotopic (exact) mass is 344 g/mol. The smallest absolute Gasteiger partial charge is 0.335 e. The van der Waals surface area contributed by atoms with E-state index in [0.29, 0.717) is 0 Å². The molecule has 0 saturated carbocycles. The van der Waals surface area contributed by atoms with Gasteiger partial charge in [-0.2, -0.15) is 0 Å². The first-order valence-electron chi connectivity index (χ1n) is 8.05. The van der Waals surface area contributed by atoms with Gasteiger partial charge in [0, 0.05) is 5.69 Å². The van der Waals surface area contributed by atoms with E-state index < -0.39 is 23.3 Å². The maximum absolute atomic E-state index is 13.8. The predicted molar refractivity (Wildman–Crippen MR) is 89.6 cm³/mol. The van der Waals surface area contributed by atoms with Crippen molar-refractivity contribution in [2.24, 2.45) is 0 Å². The number of aryl methyl sites for hydroxylation is 2.